The van der Waals surface area contributed by atoms with Gasteiger partial charge in [0, 0.05) is 19.4 Å². The van der Waals surface area contributed by atoms with Crippen molar-refractivity contribution in [2.75, 3.05) is 26.4 Å². The molecule has 0 spiro atoms. The zero-order valence-corrected chi connectivity index (χ0v) is 30.8. The summed E-state index contributed by atoms with van der Waals surface area (Å²) in [6, 6.07) is 0. The number of carbonyl (C=O) groups is 2. The number of phosphoric ester groups is 1. The van der Waals surface area contributed by atoms with Crippen molar-refractivity contribution in [3.63, 3.8) is 0 Å². The molecule has 276 valence electrons. The molecule has 2 unspecified atom stereocenters. The van der Waals surface area contributed by atoms with Crippen molar-refractivity contribution in [3.8, 4) is 0 Å². The zero-order chi connectivity index (χ0) is 35.4. The fraction of sp³-hybridized carbons (Fsp3) is 0.684. The summed E-state index contributed by atoms with van der Waals surface area (Å²) in [7, 11) is -4.41. The van der Waals surface area contributed by atoms with Crippen LogP contribution in [-0.2, 0) is 27.9 Å². The molecule has 0 fully saturated rings. The van der Waals surface area contributed by atoms with Gasteiger partial charge < -0.3 is 20.1 Å². The Bertz CT molecular complexity index is 976. The number of allylic oxidation sites excluding steroid dienone is 10. The van der Waals surface area contributed by atoms with Gasteiger partial charge in [-0.25, -0.2) is 4.57 Å². The molecule has 2 atom stereocenters. The second-order valence-corrected chi connectivity index (χ2v) is 13.3. The molecular formula is C38H66NO8P. The number of hydrogen-bond acceptors (Lipinski definition) is 7. The van der Waals surface area contributed by atoms with E-state index < -0.39 is 26.5 Å². The van der Waals surface area contributed by atoms with E-state index >= 15 is 0 Å². The van der Waals surface area contributed by atoms with E-state index in [2.05, 4.69) is 79.9 Å². The van der Waals surface area contributed by atoms with Gasteiger partial charge in [0.2, 0.25) is 5.91 Å². The number of rotatable bonds is 33. The molecule has 0 heterocycles. The number of nitrogens with one attached hydrogen (secondary N) is 1. The van der Waals surface area contributed by atoms with Gasteiger partial charge in [-0.2, -0.15) is 0 Å². The van der Waals surface area contributed by atoms with Crippen molar-refractivity contribution >= 4 is 19.7 Å². The first-order valence-electron chi connectivity index (χ1n) is 18.3. The van der Waals surface area contributed by atoms with Crippen LogP contribution in [0.3, 0.4) is 0 Å². The van der Waals surface area contributed by atoms with Gasteiger partial charge in [0.25, 0.3) is 0 Å². The van der Waals surface area contributed by atoms with Crippen LogP contribution < -0.4 is 5.32 Å². The lowest BCUT2D eigenvalue weighted by Gasteiger charge is -2.15. The van der Waals surface area contributed by atoms with Crippen molar-refractivity contribution in [2.24, 2.45) is 0 Å². The molecule has 1 amide bonds. The number of unbranched alkanes of at least 4 members (excludes halogenated alkanes) is 10. The first-order chi connectivity index (χ1) is 23.3. The van der Waals surface area contributed by atoms with Gasteiger partial charge in [-0.05, 0) is 57.8 Å². The van der Waals surface area contributed by atoms with Crippen LogP contribution in [0.2, 0.25) is 0 Å². The molecule has 0 saturated heterocycles. The largest absolute Gasteiger partial charge is 0.472 e. The molecule has 0 aliphatic heterocycles. The SMILES string of the molecule is CC/C=C\C/C=C\C/C=C\C/C=C\C/C=C\CCCCCC(=O)OCC(O)COP(=O)(O)OCCNC(=O)CCCCCCCCCC. The number of carbonyl (C=O) groups excluding carboxylic acids is 2. The lowest BCUT2D eigenvalue weighted by molar-refractivity contribution is -0.147. The molecule has 0 aliphatic rings. The van der Waals surface area contributed by atoms with Gasteiger partial charge in [0.05, 0.1) is 13.2 Å². The van der Waals surface area contributed by atoms with E-state index in [0.29, 0.717) is 12.8 Å². The fourth-order valence-corrected chi connectivity index (χ4v) is 5.22. The number of aliphatic hydroxyl groups excluding tert-OH is 1. The Hall–Kier alpha value is -2.29. The Labute approximate surface area is 291 Å². The maximum Gasteiger partial charge on any atom is 0.472 e. The maximum atomic E-state index is 12.0. The molecule has 0 aromatic carbocycles. The first-order valence-corrected chi connectivity index (χ1v) is 19.8. The molecule has 0 aliphatic carbocycles. The zero-order valence-electron chi connectivity index (χ0n) is 29.9. The number of aliphatic hydroxyl groups is 1. The van der Waals surface area contributed by atoms with E-state index in [1.54, 1.807) is 0 Å². The third kappa shape index (κ3) is 35.0. The first kappa shape index (κ1) is 45.7. The molecule has 0 aromatic rings. The van der Waals surface area contributed by atoms with E-state index in [-0.39, 0.29) is 32.1 Å². The third-order valence-electron chi connectivity index (χ3n) is 7.21. The van der Waals surface area contributed by atoms with Crippen LogP contribution in [0.4, 0.5) is 0 Å². The lowest BCUT2D eigenvalue weighted by Crippen LogP contribution is -2.27. The van der Waals surface area contributed by atoms with Crippen LogP contribution in [0.1, 0.15) is 136 Å². The summed E-state index contributed by atoms with van der Waals surface area (Å²) in [5.74, 6) is -0.559. The highest BCUT2D eigenvalue weighted by molar-refractivity contribution is 7.47. The third-order valence-corrected chi connectivity index (χ3v) is 8.20. The Balaban J connectivity index is 3.72. The highest BCUT2D eigenvalue weighted by atomic mass is 31.2. The molecule has 0 bridgehead atoms. The number of phosphoric acid groups is 1. The van der Waals surface area contributed by atoms with Crippen LogP contribution >= 0.6 is 7.82 Å². The minimum absolute atomic E-state index is 0.0756. The minimum Gasteiger partial charge on any atom is -0.463 e. The van der Waals surface area contributed by atoms with Gasteiger partial charge >= 0.3 is 13.8 Å². The van der Waals surface area contributed by atoms with E-state index in [9.17, 15) is 24.2 Å². The van der Waals surface area contributed by atoms with Crippen molar-refractivity contribution in [3.05, 3.63) is 60.8 Å². The average Bonchev–Trinajstić information content (AvgIpc) is 3.07. The maximum absolute atomic E-state index is 12.0. The number of amides is 1. The molecule has 3 N–H and O–H groups in total. The van der Waals surface area contributed by atoms with Crippen LogP contribution in [0.15, 0.2) is 60.8 Å². The fourth-order valence-electron chi connectivity index (χ4n) is 4.46. The standard InChI is InChI=1S/C38H66NO8P/c1-3-5-7-9-11-13-14-15-16-17-18-19-20-21-22-23-25-27-29-31-38(42)45-34-36(40)35-47-48(43,44)46-33-32-39-37(41)30-28-26-24-12-10-8-6-4-2/h5,7,11,13,15-16,18-19,21-22,36,40H,3-4,6,8-10,12,14,17,20,23-35H2,1-2H3,(H,39,41)(H,43,44)/b7-5-,13-11-,16-15-,19-18-,22-21-. The minimum atomic E-state index is -4.41. The molecule has 0 rings (SSSR count). The summed E-state index contributed by atoms with van der Waals surface area (Å²) < 4.78 is 26.7. The Kier molecular flexibility index (Phi) is 32.9. The van der Waals surface area contributed by atoms with Crippen LogP contribution in [0.5, 0.6) is 0 Å². The van der Waals surface area contributed by atoms with E-state index in [1.165, 1.54) is 32.1 Å². The number of esters is 1. The highest BCUT2D eigenvalue weighted by Gasteiger charge is 2.23. The lowest BCUT2D eigenvalue weighted by atomic mass is 10.1. The number of ether oxygens (including phenoxy) is 1. The summed E-state index contributed by atoms with van der Waals surface area (Å²) in [5, 5.41) is 12.6. The normalized spacial score (nSPS) is 14.2. The molecule has 48 heavy (non-hydrogen) atoms. The predicted molar refractivity (Wildman–Crippen MR) is 196 cm³/mol. The van der Waals surface area contributed by atoms with Crippen LogP contribution in [-0.4, -0.2) is 54.3 Å². The van der Waals surface area contributed by atoms with Crippen molar-refractivity contribution in [2.45, 2.75) is 142 Å². The molecule has 9 nitrogen and oxygen atoms in total. The average molecular weight is 696 g/mol. The molecular weight excluding hydrogens is 629 g/mol. The number of hydrogen-bond donors (Lipinski definition) is 3. The van der Waals surface area contributed by atoms with E-state index in [0.717, 1.165) is 70.6 Å². The molecule has 10 heteroatoms. The van der Waals surface area contributed by atoms with E-state index in [1.807, 2.05) is 0 Å². The highest BCUT2D eigenvalue weighted by Crippen LogP contribution is 2.42. The Morgan fingerprint density at radius 3 is 1.79 bits per heavy atom. The van der Waals surface area contributed by atoms with Crippen molar-refractivity contribution < 1.29 is 37.9 Å². The quantitative estimate of drug-likeness (QED) is 0.0268. The summed E-state index contributed by atoms with van der Waals surface area (Å²) in [5.41, 5.74) is 0. The second-order valence-electron chi connectivity index (χ2n) is 11.8. The smallest absolute Gasteiger partial charge is 0.463 e. The summed E-state index contributed by atoms with van der Waals surface area (Å²) in [4.78, 5) is 33.6. The Morgan fingerprint density at radius 1 is 0.667 bits per heavy atom. The van der Waals surface area contributed by atoms with Gasteiger partial charge in [0.1, 0.15) is 12.7 Å². The second kappa shape index (κ2) is 34.6. The monoisotopic (exact) mass is 695 g/mol. The van der Waals surface area contributed by atoms with Gasteiger partial charge in [-0.15, -0.1) is 0 Å². The summed E-state index contributed by atoms with van der Waals surface area (Å²) in [6.07, 6.45) is 38.7. The van der Waals surface area contributed by atoms with Crippen molar-refractivity contribution in [1.29, 1.82) is 0 Å². The molecule has 0 saturated carbocycles. The van der Waals surface area contributed by atoms with Crippen LogP contribution in [0.25, 0.3) is 0 Å². The van der Waals surface area contributed by atoms with Crippen LogP contribution in [0, 0.1) is 0 Å². The summed E-state index contributed by atoms with van der Waals surface area (Å²) >= 11 is 0. The molecule has 0 radical (unpaired) electrons. The Morgan fingerprint density at radius 2 is 1.19 bits per heavy atom. The van der Waals surface area contributed by atoms with Gasteiger partial charge in [0.15, 0.2) is 0 Å². The van der Waals surface area contributed by atoms with E-state index in [4.69, 9.17) is 13.8 Å². The van der Waals surface area contributed by atoms with Gasteiger partial charge in [-0.1, -0.05) is 126 Å². The van der Waals surface area contributed by atoms with Crippen molar-refractivity contribution in [1.82, 2.24) is 5.32 Å². The van der Waals surface area contributed by atoms with Gasteiger partial charge in [-0.3, -0.25) is 18.6 Å². The summed E-state index contributed by atoms with van der Waals surface area (Å²) in [6.45, 7) is 3.34. The predicted octanol–water partition coefficient (Wildman–Crippen LogP) is 9.37. The topological polar surface area (TPSA) is 131 Å². The molecule has 0 aromatic heterocycles.